The number of thiophene rings is 1. The zero-order chi connectivity index (χ0) is 16.1. The lowest BCUT2D eigenvalue weighted by molar-refractivity contribution is 0.414. The van der Waals surface area contributed by atoms with E-state index in [0.717, 1.165) is 27.5 Å². The number of ether oxygens (including phenoxy) is 2. The van der Waals surface area contributed by atoms with Crippen molar-refractivity contribution < 1.29 is 9.47 Å². The number of rotatable bonds is 1. The van der Waals surface area contributed by atoms with Gasteiger partial charge in [-0.2, -0.15) is 0 Å². The number of methoxy groups -OCH3 is 1. The van der Waals surface area contributed by atoms with Gasteiger partial charge in [-0.1, -0.05) is 12.1 Å². The van der Waals surface area contributed by atoms with Crippen molar-refractivity contribution in [1.29, 1.82) is 0 Å². The molecule has 0 saturated heterocycles. The van der Waals surface area contributed by atoms with Gasteiger partial charge in [0.05, 0.1) is 13.4 Å². The van der Waals surface area contributed by atoms with E-state index in [4.69, 9.17) is 9.47 Å². The molecule has 2 nitrogen and oxygen atoms in total. The third kappa shape index (κ3) is 1.88. The molecule has 3 aromatic rings. The van der Waals surface area contributed by atoms with Crippen molar-refractivity contribution in [1.82, 2.24) is 0 Å². The standard InChI is InChI=1S/C21H14O2S/c1-22-19-6-2-5-15-18(19)11-14-12-20-13(4-3-8-23-20)10-17(14)16-7-9-24-21(15)16/h2-12H,1H3. The Morgan fingerprint density at radius 1 is 1.00 bits per heavy atom. The highest BCUT2D eigenvalue weighted by molar-refractivity contribution is 7.14. The van der Waals surface area contributed by atoms with Gasteiger partial charge in [-0.25, -0.2) is 0 Å². The molecule has 0 N–H and O–H groups in total. The van der Waals surface area contributed by atoms with E-state index >= 15 is 0 Å². The Morgan fingerprint density at radius 2 is 1.96 bits per heavy atom. The highest BCUT2D eigenvalue weighted by atomic mass is 32.1. The van der Waals surface area contributed by atoms with Gasteiger partial charge in [-0.3, -0.25) is 0 Å². The molecule has 3 heteroatoms. The van der Waals surface area contributed by atoms with Gasteiger partial charge >= 0.3 is 0 Å². The second-order valence-electron chi connectivity index (χ2n) is 5.82. The molecule has 0 bridgehead atoms. The van der Waals surface area contributed by atoms with Crippen molar-refractivity contribution in [2.75, 3.05) is 7.11 Å². The summed E-state index contributed by atoms with van der Waals surface area (Å²) in [5.41, 5.74) is 4.84. The molecule has 2 aromatic carbocycles. The third-order valence-electron chi connectivity index (χ3n) is 4.52. The average Bonchev–Trinajstić information content (AvgIpc) is 3.06. The summed E-state index contributed by atoms with van der Waals surface area (Å²) < 4.78 is 11.3. The van der Waals surface area contributed by atoms with E-state index in [1.54, 1.807) is 24.7 Å². The first-order chi connectivity index (χ1) is 11.8. The monoisotopic (exact) mass is 330 g/mol. The Bertz CT molecular complexity index is 1120. The van der Waals surface area contributed by atoms with Crippen LogP contribution < -0.4 is 19.9 Å². The van der Waals surface area contributed by atoms with Crippen molar-refractivity contribution in [3.8, 4) is 33.1 Å². The minimum Gasteiger partial charge on any atom is -0.496 e. The van der Waals surface area contributed by atoms with Crippen LogP contribution in [0.1, 0.15) is 5.56 Å². The topological polar surface area (TPSA) is 18.5 Å². The van der Waals surface area contributed by atoms with Gasteiger partial charge in [0, 0.05) is 26.8 Å². The predicted octanol–water partition coefficient (Wildman–Crippen LogP) is 3.92. The van der Waals surface area contributed by atoms with Crippen LogP contribution in [0.15, 0.2) is 54.1 Å². The molecule has 0 fully saturated rings. The highest BCUT2D eigenvalue weighted by Gasteiger charge is 2.19. The Morgan fingerprint density at radius 3 is 2.88 bits per heavy atom. The molecule has 0 atom stereocenters. The van der Waals surface area contributed by atoms with Crippen molar-refractivity contribution in [2.24, 2.45) is 0 Å². The van der Waals surface area contributed by atoms with E-state index in [1.807, 2.05) is 12.1 Å². The highest BCUT2D eigenvalue weighted by Crippen LogP contribution is 2.42. The lowest BCUT2D eigenvalue weighted by Crippen LogP contribution is -2.16. The zero-order valence-corrected chi connectivity index (χ0v) is 13.9. The quantitative estimate of drug-likeness (QED) is 0.527. The molecule has 116 valence electrons. The number of hydrogen-bond donors (Lipinski definition) is 0. The van der Waals surface area contributed by atoms with Crippen LogP contribution in [0, 0.1) is 0 Å². The summed E-state index contributed by atoms with van der Waals surface area (Å²) in [4.78, 5) is 1.28. The van der Waals surface area contributed by atoms with E-state index in [-0.39, 0.29) is 0 Å². The van der Waals surface area contributed by atoms with Gasteiger partial charge in [-0.05, 0) is 58.7 Å². The maximum absolute atomic E-state index is 5.68. The number of hydrogen-bond acceptors (Lipinski definition) is 3. The lowest BCUT2D eigenvalue weighted by atomic mass is 10.0. The van der Waals surface area contributed by atoms with E-state index in [1.165, 1.54) is 21.6 Å². The second-order valence-corrected chi connectivity index (χ2v) is 6.74. The van der Waals surface area contributed by atoms with E-state index in [9.17, 15) is 0 Å². The molecule has 5 rings (SSSR count). The largest absolute Gasteiger partial charge is 0.496 e. The second kappa shape index (κ2) is 5.11. The van der Waals surface area contributed by atoms with Gasteiger partial charge in [0.25, 0.3) is 0 Å². The molecule has 0 radical (unpaired) electrons. The summed E-state index contributed by atoms with van der Waals surface area (Å²) in [6.07, 6.45) is 7.94. The van der Waals surface area contributed by atoms with Crippen LogP contribution in [0.2, 0.25) is 0 Å². The van der Waals surface area contributed by atoms with Crippen LogP contribution in [0.5, 0.6) is 11.5 Å². The van der Waals surface area contributed by atoms with Gasteiger partial charge < -0.3 is 9.47 Å². The molecule has 0 saturated carbocycles. The fourth-order valence-electron chi connectivity index (χ4n) is 3.41. The number of benzene rings is 2. The molecule has 0 spiro atoms. The summed E-state index contributed by atoms with van der Waals surface area (Å²) in [5, 5.41) is 4.42. The van der Waals surface area contributed by atoms with Gasteiger partial charge in [-0.15, -0.1) is 11.3 Å². The van der Waals surface area contributed by atoms with Crippen molar-refractivity contribution in [2.45, 2.75) is 0 Å². The fourth-order valence-corrected chi connectivity index (χ4v) is 4.36. The SMILES string of the molecule is COc1cccc2c1C=c1cc3c(cc1-c1ccsc1-2)=CC=CO3. The predicted molar refractivity (Wildman–Crippen MR) is 98.8 cm³/mol. The summed E-state index contributed by atoms with van der Waals surface area (Å²) in [6.45, 7) is 0. The van der Waals surface area contributed by atoms with Crippen LogP contribution in [0.3, 0.4) is 0 Å². The fraction of sp³-hybridized carbons (Fsp3) is 0.0476. The maximum Gasteiger partial charge on any atom is 0.134 e. The van der Waals surface area contributed by atoms with E-state index in [0.29, 0.717) is 0 Å². The lowest BCUT2D eigenvalue weighted by Gasteiger charge is -2.09. The number of allylic oxidation sites excluding steroid dienone is 1. The van der Waals surface area contributed by atoms with Gasteiger partial charge in [0.1, 0.15) is 11.5 Å². The van der Waals surface area contributed by atoms with Crippen molar-refractivity contribution in [3.05, 3.63) is 70.1 Å². The normalized spacial score (nSPS) is 13.2. The molecule has 1 aromatic heterocycles. The first-order valence-corrected chi connectivity index (χ1v) is 8.68. The smallest absolute Gasteiger partial charge is 0.134 e. The summed E-state index contributed by atoms with van der Waals surface area (Å²) in [6, 6.07) is 12.8. The molecule has 2 aliphatic rings. The van der Waals surface area contributed by atoms with Crippen LogP contribution >= 0.6 is 11.3 Å². The van der Waals surface area contributed by atoms with Crippen molar-refractivity contribution >= 4 is 23.5 Å². The van der Waals surface area contributed by atoms with E-state index in [2.05, 4.69) is 47.9 Å². The average molecular weight is 330 g/mol. The van der Waals surface area contributed by atoms with Crippen LogP contribution in [-0.4, -0.2) is 7.11 Å². The summed E-state index contributed by atoms with van der Waals surface area (Å²) >= 11 is 1.77. The molecule has 0 amide bonds. The van der Waals surface area contributed by atoms with E-state index < -0.39 is 0 Å². The zero-order valence-electron chi connectivity index (χ0n) is 13.1. The molecule has 24 heavy (non-hydrogen) atoms. The molecule has 1 aliphatic carbocycles. The molecule has 0 unspecified atom stereocenters. The molecule has 2 heterocycles. The van der Waals surface area contributed by atoms with Crippen LogP contribution in [0.4, 0.5) is 0 Å². The first kappa shape index (κ1) is 13.6. The van der Waals surface area contributed by atoms with Crippen LogP contribution in [-0.2, 0) is 0 Å². The first-order valence-electron chi connectivity index (χ1n) is 7.80. The van der Waals surface area contributed by atoms with Gasteiger partial charge in [0.15, 0.2) is 0 Å². The summed E-state index contributed by atoms with van der Waals surface area (Å²) in [5.74, 6) is 1.78. The minimum atomic E-state index is 0.891. The Kier molecular flexibility index (Phi) is 2.91. The Labute approximate surface area is 143 Å². The number of fused-ring (bicyclic) bond motifs is 6. The molecular formula is C21H14O2S. The maximum atomic E-state index is 5.68. The minimum absolute atomic E-state index is 0.891. The van der Waals surface area contributed by atoms with Gasteiger partial charge in [0.2, 0.25) is 0 Å². The molecule has 1 aliphatic heterocycles. The Balaban J connectivity index is 1.95. The van der Waals surface area contributed by atoms with Crippen LogP contribution in [0.25, 0.3) is 33.7 Å². The third-order valence-corrected chi connectivity index (χ3v) is 5.46. The summed E-state index contributed by atoms with van der Waals surface area (Å²) in [7, 11) is 1.72. The molecular weight excluding hydrogens is 316 g/mol. The van der Waals surface area contributed by atoms with Crippen molar-refractivity contribution in [3.63, 3.8) is 0 Å². The Hall–Kier alpha value is -2.78.